The van der Waals surface area contributed by atoms with Gasteiger partial charge in [0.2, 0.25) is 0 Å². The van der Waals surface area contributed by atoms with E-state index in [1.54, 1.807) is 0 Å². The molecule has 1 aromatic rings. The average Bonchev–Trinajstić information content (AvgIpc) is 2.41. The maximum Gasteiger partial charge on any atom is 0.147 e. The van der Waals surface area contributed by atoms with Crippen LogP contribution in [0.3, 0.4) is 0 Å². The summed E-state index contributed by atoms with van der Waals surface area (Å²) in [7, 11) is -2.89. The van der Waals surface area contributed by atoms with E-state index in [9.17, 15) is 8.42 Å². The smallest absolute Gasteiger partial charge is 0.147 e. The molecule has 1 unspecified atom stereocenters. The molecule has 0 saturated carbocycles. The Balaban J connectivity index is 2.46. The summed E-state index contributed by atoms with van der Waals surface area (Å²) in [4.78, 5) is 0. The highest BCUT2D eigenvalue weighted by Gasteiger charge is 2.07. The van der Waals surface area contributed by atoms with Gasteiger partial charge in [0.25, 0.3) is 0 Å². The maximum atomic E-state index is 11.0. The van der Waals surface area contributed by atoms with Crippen molar-refractivity contribution in [3.05, 3.63) is 29.8 Å². The van der Waals surface area contributed by atoms with E-state index in [0.717, 1.165) is 18.7 Å². The second-order valence-corrected chi connectivity index (χ2v) is 7.18. The first kappa shape index (κ1) is 17.0. The van der Waals surface area contributed by atoms with Crippen molar-refractivity contribution >= 4 is 9.84 Å². The first-order valence-corrected chi connectivity index (χ1v) is 9.16. The third-order valence-corrected chi connectivity index (χ3v) is 4.10. The quantitative estimate of drug-likeness (QED) is 0.712. The van der Waals surface area contributed by atoms with Crippen molar-refractivity contribution in [3.8, 4) is 5.75 Å². The summed E-state index contributed by atoms with van der Waals surface area (Å²) in [6, 6.07) is 8.37. The van der Waals surface area contributed by atoms with Gasteiger partial charge in [0.05, 0.1) is 12.4 Å². The van der Waals surface area contributed by atoms with Crippen LogP contribution in [-0.4, -0.2) is 33.6 Å². The molecule has 0 aromatic heterocycles. The lowest BCUT2D eigenvalue weighted by Crippen LogP contribution is -2.19. The van der Waals surface area contributed by atoms with Crippen LogP contribution < -0.4 is 10.1 Å². The Labute approximate surface area is 122 Å². The zero-order valence-electron chi connectivity index (χ0n) is 12.6. The van der Waals surface area contributed by atoms with Crippen molar-refractivity contribution in [2.75, 3.05) is 25.2 Å². The number of nitrogens with one attached hydrogen (secondary N) is 1. The van der Waals surface area contributed by atoms with Crippen LogP contribution in [0.4, 0.5) is 0 Å². The third-order valence-electron chi connectivity index (χ3n) is 3.07. The second-order valence-electron chi connectivity index (χ2n) is 4.92. The van der Waals surface area contributed by atoms with Crippen molar-refractivity contribution in [2.24, 2.45) is 0 Å². The third kappa shape index (κ3) is 6.39. The molecule has 0 spiro atoms. The van der Waals surface area contributed by atoms with E-state index in [-0.39, 0.29) is 5.75 Å². The van der Waals surface area contributed by atoms with Gasteiger partial charge in [-0.1, -0.05) is 26.0 Å². The summed E-state index contributed by atoms with van der Waals surface area (Å²) in [6.45, 7) is 5.63. The monoisotopic (exact) mass is 299 g/mol. The minimum atomic E-state index is -2.89. The lowest BCUT2D eigenvalue weighted by atomic mass is 10.0. The molecule has 1 atom stereocenters. The lowest BCUT2D eigenvalue weighted by Gasteiger charge is -2.16. The van der Waals surface area contributed by atoms with E-state index in [0.29, 0.717) is 19.1 Å². The standard InChI is InChI=1S/C15H25NO3S/c1-4-15(16-5-2)13-7-9-14(10-8-13)19-11-6-12-20(3,17)18/h7-10,15-16H,4-6,11-12H2,1-3H3. The van der Waals surface area contributed by atoms with Gasteiger partial charge >= 0.3 is 0 Å². The summed E-state index contributed by atoms with van der Waals surface area (Å²) >= 11 is 0. The van der Waals surface area contributed by atoms with E-state index >= 15 is 0 Å². The largest absolute Gasteiger partial charge is 0.494 e. The molecule has 5 heteroatoms. The van der Waals surface area contributed by atoms with Crippen LogP contribution in [0.5, 0.6) is 5.75 Å². The molecule has 1 N–H and O–H groups in total. The number of sulfone groups is 1. The lowest BCUT2D eigenvalue weighted by molar-refractivity contribution is 0.317. The van der Waals surface area contributed by atoms with Gasteiger partial charge in [0.1, 0.15) is 15.6 Å². The summed E-state index contributed by atoms with van der Waals surface area (Å²) in [6.07, 6.45) is 2.81. The zero-order chi connectivity index (χ0) is 15.0. The van der Waals surface area contributed by atoms with Gasteiger partial charge in [-0.25, -0.2) is 8.42 Å². The fourth-order valence-corrected chi connectivity index (χ4v) is 2.69. The molecule has 0 aliphatic heterocycles. The fraction of sp³-hybridized carbons (Fsp3) is 0.600. The Kier molecular flexibility index (Phi) is 7.02. The number of hydrogen-bond donors (Lipinski definition) is 1. The molecule has 1 rings (SSSR count). The molecule has 0 fully saturated rings. The van der Waals surface area contributed by atoms with Crippen LogP contribution >= 0.6 is 0 Å². The molecule has 0 radical (unpaired) electrons. The summed E-state index contributed by atoms with van der Waals surface area (Å²) in [5.74, 6) is 0.956. The van der Waals surface area contributed by atoms with E-state index in [1.165, 1.54) is 11.8 Å². The SMILES string of the molecule is CCNC(CC)c1ccc(OCCCS(C)(=O)=O)cc1. The van der Waals surface area contributed by atoms with Crippen molar-refractivity contribution in [3.63, 3.8) is 0 Å². The zero-order valence-corrected chi connectivity index (χ0v) is 13.4. The molecule has 0 aliphatic carbocycles. The van der Waals surface area contributed by atoms with E-state index in [4.69, 9.17) is 4.74 Å². The Hall–Kier alpha value is -1.07. The summed E-state index contributed by atoms with van der Waals surface area (Å²) < 4.78 is 27.5. The predicted octanol–water partition coefficient (Wildman–Crippen LogP) is 2.56. The molecule has 1 aromatic carbocycles. The van der Waals surface area contributed by atoms with E-state index in [1.807, 2.05) is 12.1 Å². The van der Waals surface area contributed by atoms with Gasteiger partial charge < -0.3 is 10.1 Å². The van der Waals surface area contributed by atoms with Gasteiger partial charge in [0, 0.05) is 12.3 Å². The highest BCUT2D eigenvalue weighted by Crippen LogP contribution is 2.20. The first-order chi connectivity index (χ1) is 9.46. The van der Waals surface area contributed by atoms with Crippen LogP contribution in [-0.2, 0) is 9.84 Å². The molecule has 0 saturated heterocycles. The number of benzene rings is 1. The Morgan fingerprint density at radius 2 is 1.85 bits per heavy atom. The van der Waals surface area contributed by atoms with Crippen molar-refractivity contribution in [1.82, 2.24) is 5.32 Å². The van der Waals surface area contributed by atoms with Gasteiger partial charge in [-0.15, -0.1) is 0 Å². The van der Waals surface area contributed by atoms with Gasteiger partial charge in [-0.05, 0) is 37.1 Å². The van der Waals surface area contributed by atoms with Gasteiger partial charge in [-0.2, -0.15) is 0 Å². The Morgan fingerprint density at radius 1 is 1.20 bits per heavy atom. The summed E-state index contributed by atoms with van der Waals surface area (Å²) in [5.41, 5.74) is 1.25. The van der Waals surface area contributed by atoms with Gasteiger partial charge in [-0.3, -0.25) is 0 Å². The van der Waals surface area contributed by atoms with Crippen molar-refractivity contribution < 1.29 is 13.2 Å². The molecular formula is C15H25NO3S. The normalized spacial score (nSPS) is 13.2. The molecule has 0 bridgehead atoms. The topological polar surface area (TPSA) is 55.4 Å². The highest BCUT2D eigenvalue weighted by molar-refractivity contribution is 7.90. The van der Waals surface area contributed by atoms with Crippen LogP contribution in [0, 0.1) is 0 Å². The molecule has 114 valence electrons. The van der Waals surface area contributed by atoms with Crippen LogP contribution in [0.25, 0.3) is 0 Å². The van der Waals surface area contributed by atoms with Crippen molar-refractivity contribution in [1.29, 1.82) is 0 Å². The highest BCUT2D eigenvalue weighted by atomic mass is 32.2. The number of hydrogen-bond acceptors (Lipinski definition) is 4. The first-order valence-electron chi connectivity index (χ1n) is 7.10. The van der Waals surface area contributed by atoms with E-state index in [2.05, 4.69) is 31.3 Å². The fourth-order valence-electron chi connectivity index (χ4n) is 2.05. The Bertz CT molecular complexity index is 482. The minimum Gasteiger partial charge on any atom is -0.494 e. The van der Waals surface area contributed by atoms with Crippen LogP contribution in [0.15, 0.2) is 24.3 Å². The Morgan fingerprint density at radius 3 is 2.35 bits per heavy atom. The van der Waals surface area contributed by atoms with Gasteiger partial charge in [0.15, 0.2) is 0 Å². The number of rotatable bonds is 9. The van der Waals surface area contributed by atoms with Crippen molar-refractivity contribution in [2.45, 2.75) is 32.7 Å². The number of ether oxygens (including phenoxy) is 1. The molecular weight excluding hydrogens is 274 g/mol. The van der Waals surface area contributed by atoms with Crippen LogP contribution in [0.1, 0.15) is 38.3 Å². The van der Waals surface area contributed by atoms with Crippen LogP contribution in [0.2, 0.25) is 0 Å². The average molecular weight is 299 g/mol. The maximum absolute atomic E-state index is 11.0. The molecule has 20 heavy (non-hydrogen) atoms. The predicted molar refractivity (Wildman–Crippen MR) is 83.0 cm³/mol. The molecule has 0 heterocycles. The minimum absolute atomic E-state index is 0.170. The molecule has 0 aliphatic rings. The van der Waals surface area contributed by atoms with E-state index < -0.39 is 9.84 Å². The molecule has 4 nitrogen and oxygen atoms in total. The second kappa shape index (κ2) is 8.27. The summed E-state index contributed by atoms with van der Waals surface area (Å²) in [5, 5.41) is 3.43. The molecule has 0 amide bonds.